The van der Waals surface area contributed by atoms with Crippen molar-refractivity contribution in [3.05, 3.63) is 108 Å². The zero-order chi connectivity index (χ0) is 20.2. The number of aromatic carboxylic acids is 1. The Morgan fingerprint density at radius 1 is 0.759 bits per heavy atom. The number of nitrogens with zero attached hydrogens (tertiary/aromatic N) is 1. The Balaban J connectivity index is 1.67. The van der Waals surface area contributed by atoms with E-state index in [0.29, 0.717) is 5.56 Å². The molecule has 0 atom stereocenters. The summed E-state index contributed by atoms with van der Waals surface area (Å²) in [6.45, 7) is 0. The molecule has 5 nitrogen and oxygen atoms in total. The van der Waals surface area contributed by atoms with Crippen molar-refractivity contribution < 1.29 is 14.7 Å². The van der Waals surface area contributed by atoms with Crippen molar-refractivity contribution in [3.63, 3.8) is 0 Å². The van der Waals surface area contributed by atoms with Gasteiger partial charge in [0.15, 0.2) is 0 Å². The van der Waals surface area contributed by atoms with E-state index in [2.05, 4.69) is 5.32 Å². The Labute approximate surface area is 167 Å². The molecule has 0 radical (unpaired) electrons. The normalized spacial score (nSPS) is 10.5. The minimum Gasteiger partial charge on any atom is -0.478 e. The van der Waals surface area contributed by atoms with E-state index in [4.69, 9.17) is 0 Å². The van der Waals surface area contributed by atoms with Crippen molar-refractivity contribution in [1.82, 2.24) is 4.57 Å². The number of amides is 1. The van der Waals surface area contributed by atoms with Gasteiger partial charge < -0.3 is 15.0 Å². The van der Waals surface area contributed by atoms with Gasteiger partial charge in [0.1, 0.15) is 0 Å². The molecule has 2 N–H and O–H groups in total. The van der Waals surface area contributed by atoms with Gasteiger partial charge in [-0.15, -0.1) is 0 Å². The lowest BCUT2D eigenvalue weighted by Crippen LogP contribution is -2.15. The molecule has 0 saturated carbocycles. The number of carboxylic acid groups (broad SMARTS) is 1. The number of carbonyl (C=O) groups is 2. The number of benzene rings is 3. The van der Waals surface area contributed by atoms with Crippen molar-refractivity contribution in [2.75, 3.05) is 5.32 Å². The van der Waals surface area contributed by atoms with Gasteiger partial charge in [0.2, 0.25) is 0 Å². The van der Waals surface area contributed by atoms with Gasteiger partial charge in [-0.2, -0.15) is 0 Å². The van der Waals surface area contributed by atoms with Crippen LogP contribution in [0.25, 0.3) is 16.8 Å². The van der Waals surface area contributed by atoms with Crippen LogP contribution in [0.5, 0.6) is 0 Å². The summed E-state index contributed by atoms with van der Waals surface area (Å²) in [6, 6.07) is 25.5. The number of anilines is 1. The van der Waals surface area contributed by atoms with Crippen molar-refractivity contribution in [3.8, 4) is 16.8 Å². The van der Waals surface area contributed by atoms with Gasteiger partial charge in [0.05, 0.1) is 11.3 Å². The molecule has 5 heteroatoms. The largest absolute Gasteiger partial charge is 0.478 e. The Morgan fingerprint density at radius 3 is 2.24 bits per heavy atom. The number of hydrogen-bond acceptors (Lipinski definition) is 2. The second-order valence-electron chi connectivity index (χ2n) is 6.53. The van der Waals surface area contributed by atoms with Crippen LogP contribution >= 0.6 is 0 Å². The van der Waals surface area contributed by atoms with Gasteiger partial charge >= 0.3 is 5.97 Å². The third-order valence-electron chi connectivity index (χ3n) is 4.62. The third-order valence-corrected chi connectivity index (χ3v) is 4.62. The number of carboxylic acids is 1. The van der Waals surface area contributed by atoms with Gasteiger partial charge in [-0.25, -0.2) is 4.79 Å². The maximum absolute atomic E-state index is 12.8. The number of carbonyl (C=O) groups excluding carboxylic acids is 1. The first-order valence-corrected chi connectivity index (χ1v) is 9.09. The molecule has 0 fully saturated rings. The summed E-state index contributed by atoms with van der Waals surface area (Å²) in [5, 5.41) is 12.3. The summed E-state index contributed by atoms with van der Waals surface area (Å²) >= 11 is 0. The average molecular weight is 382 g/mol. The Bertz CT molecular complexity index is 1170. The summed E-state index contributed by atoms with van der Waals surface area (Å²) in [6.07, 6.45) is 3.78. The monoisotopic (exact) mass is 382 g/mol. The maximum Gasteiger partial charge on any atom is 0.337 e. The summed E-state index contributed by atoms with van der Waals surface area (Å²) in [7, 11) is 0. The molecule has 29 heavy (non-hydrogen) atoms. The zero-order valence-electron chi connectivity index (χ0n) is 15.4. The molecule has 0 unspecified atom stereocenters. The van der Waals surface area contributed by atoms with Crippen LogP contribution in [0.15, 0.2) is 97.3 Å². The van der Waals surface area contributed by atoms with Crippen molar-refractivity contribution in [1.29, 1.82) is 0 Å². The first-order valence-electron chi connectivity index (χ1n) is 9.09. The maximum atomic E-state index is 12.8. The van der Waals surface area contributed by atoms with E-state index in [0.717, 1.165) is 16.8 Å². The van der Waals surface area contributed by atoms with Gasteiger partial charge in [-0.05, 0) is 53.6 Å². The van der Waals surface area contributed by atoms with Crippen LogP contribution in [0.1, 0.15) is 20.7 Å². The van der Waals surface area contributed by atoms with E-state index in [1.807, 2.05) is 65.5 Å². The van der Waals surface area contributed by atoms with Gasteiger partial charge in [0.25, 0.3) is 5.91 Å². The van der Waals surface area contributed by atoms with Crippen molar-refractivity contribution >= 4 is 17.6 Å². The van der Waals surface area contributed by atoms with Crippen LogP contribution in [-0.2, 0) is 0 Å². The minimum atomic E-state index is -1.10. The smallest absolute Gasteiger partial charge is 0.337 e. The highest BCUT2D eigenvalue weighted by Crippen LogP contribution is 2.26. The highest BCUT2D eigenvalue weighted by atomic mass is 16.4. The fourth-order valence-electron chi connectivity index (χ4n) is 3.15. The van der Waals surface area contributed by atoms with Crippen LogP contribution in [0.2, 0.25) is 0 Å². The molecule has 4 aromatic rings. The van der Waals surface area contributed by atoms with E-state index in [9.17, 15) is 14.7 Å². The van der Waals surface area contributed by atoms with E-state index in [-0.39, 0.29) is 17.2 Å². The zero-order valence-corrected chi connectivity index (χ0v) is 15.4. The van der Waals surface area contributed by atoms with E-state index >= 15 is 0 Å². The predicted octanol–water partition coefficient (Wildman–Crippen LogP) is 5.09. The molecule has 0 aliphatic heterocycles. The predicted molar refractivity (Wildman–Crippen MR) is 113 cm³/mol. The quantitative estimate of drug-likeness (QED) is 0.505. The molecule has 0 spiro atoms. The standard InChI is InChI=1S/C24H18N2O3/c27-23(19-9-6-10-20(15-19)26-13-4-5-14-26)25-22-16-18(11-12-21(22)24(28)29)17-7-2-1-3-8-17/h1-16H,(H,25,27)(H,28,29). The van der Waals surface area contributed by atoms with Crippen LogP contribution in [0.4, 0.5) is 5.69 Å². The molecule has 0 aliphatic rings. The molecule has 1 aromatic heterocycles. The highest BCUT2D eigenvalue weighted by Gasteiger charge is 2.15. The summed E-state index contributed by atoms with van der Waals surface area (Å²) in [5.74, 6) is -1.47. The lowest BCUT2D eigenvalue weighted by molar-refractivity contribution is 0.0698. The van der Waals surface area contributed by atoms with Crippen molar-refractivity contribution in [2.45, 2.75) is 0 Å². The Hall–Kier alpha value is -4.12. The fourth-order valence-corrected chi connectivity index (χ4v) is 3.15. The second-order valence-corrected chi connectivity index (χ2v) is 6.53. The fraction of sp³-hybridized carbons (Fsp3) is 0. The topological polar surface area (TPSA) is 71.3 Å². The molecule has 0 bridgehead atoms. The molecular formula is C24H18N2O3. The Kier molecular flexibility index (Phi) is 4.95. The van der Waals surface area contributed by atoms with E-state index in [1.54, 1.807) is 30.3 Å². The SMILES string of the molecule is O=C(Nc1cc(-c2ccccc2)ccc1C(=O)O)c1cccc(-n2cccc2)c1. The molecule has 142 valence electrons. The first kappa shape index (κ1) is 18.3. The van der Waals surface area contributed by atoms with Gasteiger partial charge in [0, 0.05) is 23.6 Å². The average Bonchev–Trinajstić information content (AvgIpc) is 3.29. The van der Waals surface area contributed by atoms with Crippen LogP contribution in [0.3, 0.4) is 0 Å². The first-order chi connectivity index (χ1) is 14.1. The number of aromatic nitrogens is 1. The van der Waals surface area contributed by atoms with Crippen LogP contribution in [-0.4, -0.2) is 21.6 Å². The van der Waals surface area contributed by atoms with Crippen LogP contribution in [0, 0.1) is 0 Å². The summed E-state index contributed by atoms with van der Waals surface area (Å²) in [5.41, 5.74) is 3.35. The van der Waals surface area contributed by atoms with Gasteiger partial charge in [-0.1, -0.05) is 42.5 Å². The molecule has 3 aromatic carbocycles. The molecule has 4 rings (SSSR count). The highest BCUT2D eigenvalue weighted by molar-refractivity contribution is 6.08. The minimum absolute atomic E-state index is 0.0413. The number of rotatable bonds is 5. The number of hydrogen-bond donors (Lipinski definition) is 2. The molecular weight excluding hydrogens is 364 g/mol. The summed E-state index contributed by atoms with van der Waals surface area (Å²) in [4.78, 5) is 24.5. The molecule has 1 heterocycles. The van der Waals surface area contributed by atoms with E-state index < -0.39 is 5.97 Å². The Morgan fingerprint density at radius 2 is 1.52 bits per heavy atom. The molecule has 0 aliphatic carbocycles. The second kappa shape index (κ2) is 7.86. The van der Waals surface area contributed by atoms with E-state index in [1.165, 1.54) is 6.07 Å². The lowest BCUT2D eigenvalue weighted by Gasteiger charge is -2.12. The van der Waals surface area contributed by atoms with Crippen LogP contribution < -0.4 is 5.32 Å². The van der Waals surface area contributed by atoms with Gasteiger partial charge in [-0.3, -0.25) is 4.79 Å². The lowest BCUT2D eigenvalue weighted by atomic mass is 10.0. The third kappa shape index (κ3) is 3.94. The molecule has 1 amide bonds. The number of nitrogens with one attached hydrogen (secondary N) is 1. The molecule has 0 saturated heterocycles. The van der Waals surface area contributed by atoms with Crippen molar-refractivity contribution in [2.24, 2.45) is 0 Å². The summed E-state index contributed by atoms with van der Waals surface area (Å²) < 4.78 is 1.90.